The van der Waals surface area contributed by atoms with Crippen molar-refractivity contribution < 1.29 is 9.59 Å². The minimum Gasteiger partial charge on any atom is -0.351 e. The molecule has 3 N–H and O–H groups in total. The van der Waals surface area contributed by atoms with E-state index in [2.05, 4.69) is 16.0 Å². The second-order valence-corrected chi connectivity index (χ2v) is 5.40. The summed E-state index contributed by atoms with van der Waals surface area (Å²) < 4.78 is 0. The van der Waals surface area contributed by atoms with Gasteiger partial charge in [0.2, 0.25) is 11.8 Å². The summed E-state index contributed by atoms with van der Waals surface area (Å²) >= 11 is 1.72. The van der Waals surface area contributed by atoms with Crippen molar-refractivity contribution in [1.29, 1.82) is 0 Å². The molecule has 19 heavy (non-hydrogen) atoms. The van der Waals surface area contributed by atoms with E-state index in [0.29, 0.717) is 6.54 Å². The number of anilines is 1. The molecule has 0 bridgehead atoms. The Morgan fingerprint density at radius 2 is 2.32 bits per heavy atom. The summed E-state index contributed by atoms with van der Waals surface area (Å²) in [6.07, 6.45) is 0. The van der Waals surface area contributed by atoms with E-state index in [1.807, 2.05) is 24.3 Å². The lowest BCUT2D eigenvalue weighted by Crippen LogP contribution is -2.41. The van der Waals surface area contributed by atoms with Gasteiger partial charge in [-0.15, -0.1) is 11.8 Å². The van der Waals surface area contributed by atoms with Gasteiger partial charge in [0.25, 0.3) is 0 Å². The summed E-state index contributed by atoms with van der Waals surface area (Å²) in [6, 6.07) is 7.36. The van der Waals surface area contributed by atoms with Gasteiger partial charge in [-0.25, -0.2) is 0 Å². The monoisotopic (exact) mass is 279 g/mol. The van der Waals surface area contributed by atoms with Crippen LogP contribution < -0.4 is 16.0 Å². The van der Waals surface area contributed by atoms with Crippen LogP contribution in [-0.4, -0.2) is 29.5 Å². The number of hydrogen-bond donors (Lipinski definition) is 3. The van der Waals surface area contributed by atoms with Gasteiger partial charge in [-0.3, -0.25) is 14.9 Å². The second-order valence-electron chi connectivity index (χ2n) is 4.37. The number of carbonyl (C=O) groups excluding carboxylic acids is 2. The van der Waals surface area contributed by atoms with Crippen LogP contribution in [0.3, 0.4) is 0 Å². The summed E-state index contributed by atoms with van der Waals surface area (Å²) in [6.45, 7) is 1.94. The molecule has 0 aromatic heterocycles. The lowest BCUT2D eigenvalue weighted by molar-refractivity contribution is -0.122. The molecule has 0 aliphatic carbocycles. The van der Waals surface area contributed by atoms with Gasteiger partial charge in [-0.1, -0.05) is 12.1 Å². The molecular formula is C13H17N3O2S. The molecule has 0 spiro atoms. The lowest BCUT2D eigenvalue weighted by Gasteiger charge is -2.11. The molecule has 1 aliphatic heterocycles. The molecule has 102 valence electrons. The molecule has 6 heteroatoms. The predicted octanol–water partition coefficient (Wildman–Crippen LogP) is 0.924. The van der Waals surface area contributed by atoms with Gasteiger partial charge in [0, 0.05) is 30.8 Å². The Labute approximate surface area is 116 Å². The Bertz CT molecular complexity index is 473. The van der Waals surface area contributed by atoms with Crippen molar-refractivity contribution in [1.82, 2.24) is 10.6 Å². The van der Waals surface area contributed by atoms with E-state index in [0.717, 1.165) is 22.9 Å². The molecule has 2 rings (SSSR count). The van der Waals surface area contributed by atoms with E-state index in [4.69, 9.17) is 0 Å². The average molecular weight is 279 g/mol. The topological polar surface area (TPSA) is 70.2 Å². The van der Waals surface area contributed by atoms with Crippen molar-refractivity contribution in [3.63, 3.8) is 0 Å². The minimum atomic E-state index is -0.103. The van der Waals surface area contributed by atoms with Crippen LogP contribution >= 0.6 is 11.8 Å². The van der Waals surface area contributed by atoms with Crippen molar-refractivity contribution in [3.8, 4) is 0 Å². The van der Waals surface area contributed by atoms with Crippen LogP contribution in [0.1, 0.15) is 12.5 Å². The number of benzene rings is 1. The quantitative estimate of drug-likeness (QED) is 0.766. The highest BCUT2D eigenvalue weighted by atomic mass is 32.2. The van der Waals surface area contributed by atoms with Gasteiger partial charge in [0.1, 0.15) is 0 Å². The molecule has 1 aromatic rings. The van der Waals surface area contributed by atoms with Crippen LogP contribution in [0.25, 0.3) is 0 Å². The van der Waals surface area contributed by atoms with E-state index in [9.17, 15) is 9.59 Å². The summed E-state index contributed by atoms with van der Waals surface area (Å²) in [7, 11) is 0. The number of amides is 2. The average Bonchev–Trinajstić information content (AvgIpc) is 2.89. The van der Waals surface area contributed by atoms with Crippen LogP contribution in [0.2, 0.25) is 0 Å². The Morgan fingerprint density at radius 3 is 3.00 bits per heavy atom. The Morgan fingerprint density at radius 1 is 1.47 bits per heavy atom. The van der Waals surface area contributed by atoms with Crippen LogP contribution in [0.15, 0.2) is 24.3 Å². The van der Waals surface area contributed by atoms with E-state index in [-0.39, 0.29) is 17.9 Å². The molecule has 0 radical (unpaired) electrons. The van der Waals surface area contributed by atoms with Gasteiger partial charge in [-0.2, -0.15) is 0 Å². The third kappa shape index (κ3) is 4.25. The summed E-state index contributed by atoms with van der Waals surface area (Å²) in [5.74, 6) is 1.57. The van der Waals surface area contributed by atoms with E-state index >= 15 is 0 Å². The molecule has 1 aromatic carbocycles. The van der Waals surface area contributed by atoms with Crippen molar-refractivity contribution >= 4 is 29.3 Å². The predicted molar refractivity (Wildman–Crippen MR) is 76.8 cm³/mol. The Hall–Kier alpha value is -1.53. The highest BCUT2D eigenvalue weighted by molar-refractivity contribution is 7.99. The SMILES string of the molecule is CC(=O)Nc1cccc(CNC(=O)C2CSCN2)c1. The molecule has 1 saturated heterocycles. The van der Waals surface area contributed by atoms with Crippen molar-refractivity contribution in [2.45, 2.75) is 19.5 Å². The number of rotatable bonds is 4. The van der Waals surface area contributed by atoms with Crippen LogP contribution in [0.5, 0.6) is 0 Å². The highest BCUT2D eigenvalue weighted by Crippen LogP contribution is 2.12. The Kier molecular flexibility index (Phi) is 4.81. The van der Waals surface area contributed by atoms with Gasteiger partial charge >= 0.3 is 0 Å². The van der Waals surface area contributed by atoms with E-state index in [1.54, 1.807) is 11.8 Å². The Balaban J connectivity index is 1.88. The maximum absolute atomic E-state index is 11.8. The minimum absolute atomic E-state index is 0.0231. The number of thioether (sulfide) groups is 1. The first-order valence-electron chi connectivity index (χ1n) is 6.10. The van der Waals surface area contributed by atoms with E-state index < -0.39 is 0 Å². The van der Waals surface area contributed by atoms with E-state index in [1.165, 1.54) is 6.92 Å². The second kappa shape index (κ2) is 6.58. The number of hydrogen-bond acceptors (Lipinski definition) is 4. The third-order valence-corrected chi connectivity index (χ3v) is 3.69. The first-order valence-corrected chi connectivity index (χ1v) is 7.26. The zero-order chi connectivity index (χ0) is 13.7. The zero-order valence-electron chi connectivity index (χ0n) is 10.7. The maximum Gasteiger partial charge on any atom is 0.238 e. The van der Waals surface area contributed by atoms with Crippen molar-refractivity contribution in [2.75, 3.05) is 16.9 Å². The van der Waals surface area contributed by atoms with Gasteiger partial charge in [0.05, 0.1) is 6.04 Å². The third-order valence-electron chi connectivity index (χ3n) is 2.75. The lowest BCUT2D eigenvalue weighted by atomic mass is 10.2. The molecule has 1 fully saturated rings. The van der Waals surface area contributed by atoms with Gasteiger partial charge < -0.3 is 10.6 Å². The smallest absolute Gasteiger partial charge is 0.238 e. The summed E-state index contributed by atoms with van der Waals surface area (Å²) in [5, 5.41) is 8.74. The fourth-order valence-corrected chi connectivity index (χ4v) is 2.78. The van der Waals surface area contributed by atoms with Gasteiger partial charge in [0.15, 0.2) is 0 Å². The summed E-state index contributed by atoms with van der Waals surface area (Å²) in [4.78, 5) is 22.8. The molecule has 1 unspecified atom stereocenters. The van der Waals surface area contributed by atoms with Crippen LogP contribution in [0.4, 0.5) is 5.69 Å². The first kappa shape index (κ1) is 13.9. The fraction of sp³-hybridized carbons (Fsp3) is 0.385. The maximum atomic E-state index is 11.8. The number of carbonyl (C=O) groups is 2. The molecule has 1 heterocycles. The number of nitrogens with one attached hydrogen (secondary N) is 3. The molecular weight excluding hydrogens is 262 g/mol. The molecule has 1 atom stereocenters. The fourth-order valence-electron chi connectivity index (χ4n) is 1.84. The largest absolute Gasteiger partial charge is 0.351 e. The standard InChI is InChI=1S/C13H17N3O2S/c1-9(17)16-11-4-2-3-10(5-11)6-14-13(18)12-7-19-8-15-12/h2-5,12,15H,6-8H2,1H3,(H,14,18)(H,16,17). The zero-order valence-corrected chi connectivity index (χ0v) is 11.5. The van der Waals surface area contributed by atoms with Crippen LogP contribution in [0, 0.1) is 0 Å². The molecule has 0 saturated carbocycles. The molecule has 1 aliphatic rings. The normalized spacial score (nSPS) is 18.1. The highest BCUT2D eigenvalue weighted by Gasteiger charge is 2.21. The summed E-state index contributed by atoms with van der Waals surface area (Å²) in [5.41, 5.74) is 1.71. The first-order chi connectivity index (χ1) is 9.15. The van der Waals surface area contributed by atoms with Crippen molar-refractivity contribution in [3.05, 3.63) is 29.8 Å². The van der Waals surface area contributed by atoms with Crippen molar-refractivity contribution in [2.24, 2.45) is 0 Å². The van der Waals surface area contributed by atoms with Gasteiger partial charge in [-0.05, 0) is 17.7 Å². The molecule has 5 nitrogen and oxygen atoms in total. The van der Waals surface area contributed by atoms with Crippen LogP contribution in [-0.2, 0) is 16.1 Å². The molecule has 2 amide bonds.